The molecule has 1 aliphatic rings. The number of hydrogen-bond acceptors (Lipinski definition) is 2. The number of hydrogen-bond donors (Lipinski definition) is 0. The Morgan fingerprint density at radius 2 is 2.06 bits per heavy atom. The molecule has 0 radical (unpaired) electrons. The van der Waals surface area contributed by atoms with E-state index in [0.29, 0.717) is 5.49 Å². The van der Waals surface area contributed by atoms with Crippen molar-refractivity contribution < 1.29 is 4.79 Å². The number of pyridine rings is 1. The maximum atomic E-state index is 12.0. The molecule has 2 rings (SSSR count). The number of rotatable bonds is 1. The number of aryl methyl sites for hydroxylation is 1. The first-order valence-electron chi connectivity index (χ1n) is 5.41. The molecule has 86 valence electrons. The third kappa shape index (κ3) is 1.93. The fourth-order valence-electron chi connectivity index (χ4n) is 2.15. The summed E-state index contributed by atoms with van der Waals surface area (Å²) in [5.74, 6) is -0.0209. The summed E-state index contributed by atoms with van der Waals surface area (Å²) in [7, 11) is 3.90. The van der Waals surface area contributed by atoms with Gasteiger partial charge in [0.05, 0.1) is 5.41 Å². The lowest BCUT2D eigenvalue weighted by Gasteiger charge is -2.43. The van der Waals surface area contributed by atoms with Gasteiger partial charge in [-0.05, 0) is 26.1 Å². The van der Waals surface area contributed by atoms with Gasteiger partial charge in [0.2, 0.25) is 0 Å². The van der Waals surface area contributed by atoms with E-state index in [1.165, 1.54) is 0 Å². The first-order valence-corrected chi connectivity index (χ1v) is 5.41. The van der Waals surface area contributed by atoms with E-state index < -0.39 is 0 Å². The normalized spacial score (nSPS) is 20.6. The van der Waals surface area contributed by atoms with Crippen LogP contribution in [0.4, 0.5) is 0 Å². The van der Waals surface area contributed by atoms with Crippen LogP contribution < -0.4 is 5.49 Å². The van der Waals surface area contributed by atoms with Crippen LogP contribution >= 0.6 is 0 Å². The van der Waals surface area contributed by atoms with Gasteiger partial charge in [-0.3, -0.25) is 4.79 Å². The van der Waals surface area contributed by atoms with Gasteiger partial charge < -0.3 is 9.47 Å². The average molecular weight is 219 g/mol. The molecule has 0 aromatic carbocycles. The van der Waals surface area contributed by atoms with Gasteiger partial charge in [-0.25, -0.2) is 0 Å². The van der Waals surface area contributed by atoms with Crippen LogP contribution in [0.25, 0.3) is 0 Å². The van der Waals surface area contributed by atoms with Gasteiger partial charge in [0.15, 0.2) is 0 Å². The van der Waals surface area contributed by atoms with Crippen molar-refractivity contribution in [1.82, 2.24) is 9.47 Å². The third-order valence-electron chi connectivity index (χ3n) is 3.00. The molecule has 4 heteroatoms. The Morgan fingerprint density at radius 1 is 1.38 bits per heavy atom. The molecule has 1 amide bonds. The number of likely N-dealkylation sites (tertiary alicyclic amines) is 1. The van der Waals surface area contributed by atoms with Gasteiger partial charge in [-0.2, -0.15) is 4.99 Å². The quantitative estimate of drug-likeness (QED) is 0.686. The largest absolute Gasteiger partial charge is 0.336 e. The zero-order valence-electron chi connectivity index (χ0n) is 9.97. The van der Waals surface area contributed by atoms with Gasteiger partial charge in [0.1, 0.15) is 5.49 Å². The summed E-state index contributed by atoms with van der Waals surface area (Å²) < 4.78 is 1.85. The molecule has 1 saturated heterocycles. The molecule has 1 aromatic heterocycles. The minimum atomic E-state index is -0.294. The van der Waals surface area contributed by atoms with E-state index >= 15 is 0 Å². The van der Waals surface area contributed by atoms with Crippen molar-refractivity contribution >= 4 is 5.91 Å². The zero-order valence-corrected chi connectivity index (χ0v) is 9.97. The summed E-state index contributed by atoms with van der Waals surface area (Å²) in [6.07, 6.45) is 1.89. The van der Waals surface area contributed by atoms with Crippen LogP contribution in [0.3, 0.4) is 0 Å². The van der Waals surface area contributed by atoms with Crippen LogP contribution in [-0.2, 0) is 11.8 Å². The van der Waals surface area contributed by atoms with E-state index in [9.17, 15) is 4.79 Å². The van der Waals surface area contributed by atoms with Crippen LogP contribution in [-0.4, -0.2) is 35.5 Å². The lowest BCUT2D eigenvalue weighted by atomic mass is 9.82. The van der Waals surface area contributed by atoms with Crippen molar-refractivity contribution in [3.8, 4) is 0 Å². The highest BCUT2D eigenvalue weighted by Crippen LogP contribution is 2.29. The lowest BCUT2D eigenvalue weighted by molar-refractivity contribution is -0.135. The Bertz CT molecular complexity index is 469. The first-order chi connectivity index (χ1) is 7.51. The number of nitrogens with zero attached hydrogens (tertiary/aromatic N) is 3. The maximum absolute atomic E-state index is 12.0. The smallest absolute Gasteiger partial charge is 0.256 e. The predicted molar refractivity (Wildman–Crippen MR) is 61.6 cm³/mol. The number of carbonyl (C=O) groups excluding carboxylic acids is 1. The third-order valence-corrected chi connectivity index (χ3v) is 3.00. The zero-order chi connectivity index (χ0) is 11.8. The van der Waals surface area contributed by atoms with Crippen molar-refractivity contribution in [3.63, 3.8) is 0 Å². The van der Waals surface area contributed by atoms with E-state index in [4.69, 9.17) is 0 Å². The van der Waals surface area contributed by atoms with Gasteiger partial charge in [-0.15, -0.1) is 0 Å². The highest BCUT2D eigenvalue weighted by molar-refractivity contribution is 5.84. The Labute approximate surface area is 95.2 Å². The summed E-state index contributed by atoms with van der Waals surface area (Å²) in [6.45, 7) is 3.57. The van der Waals surface area contributed by atoms with E-state index in [1.807, 2.05) is 50.0 Å². The fraction of sp³-hybridized carbons (Fsp3) is 0.500. The van der Waals surface area contributed by atoms with E-state index in [2.05, 4.69) is 9.89 Å². The minimum absolute atomic E-state index is 0.0209. The van der Waals surface area contributed by atoms with Crippen molar-refractivity contribution in [2.45, 2.75) is 6.92 Å². The standard InChI is InChI=1S/C12H17N3O/c1-12(8-14(2)9-12)11(16)13-10-6-4-5-7-15(10)3/h4-7H,8-9H2,1-3H3/b13-10+. The molecule has 0 N–H and O–H groups in total. The molecule has 0 saturated carbocycles. The second-order valence-corrected chi connectivity index (χ2v) is 4.82. The Morgan fingerprint density at radius 3 is 2.62 bits per heavy atom. The Hall–Kier alpha value is -1.42. The molecule has 4 nitrogen and oxygen atoms in total. The molecule has 1 aliphatic heterocycles. The topological polar surface area (TPSA) is 37.6 Å². The lowest BCUT2D eigenvalue weighted by Crippen LogP contribution is -2.56. The summed E-state index contributed by atoms with van der Waals surface area (Å²) in [4.78, 5) is 18.3. The summed E-state index contributed by atoms with van der Waals surface area (Å²) in [5.41, 5.74) is 0.417. The van der Waals surface area contributed by atoms with Crippen molar-refractivity contribution in [1.29, 1.82) is 0 Å². The molecule has 0 bridgehead atoms. The number of carbonyl (C=O) groups is 1. The van der Waals surface area contributed by atoms with Gasteiger partial charge >= 0.3 is 0 Å². The van der Waals surface area contributed by atoms with Crippen LogP contribution in [0.5, 0.6) is 0 Å². The molecule has 16 heavy (non-hydrogen) atoms. The van der Waals surface area contributed by atoms with Crippen LogP contribution in [0.15, 0.2) is 29.4 Å². The molecule has 0 spiro atoms. The fourth-order valence-corrected chi connectivity index (χ4v) is 2.15. The Kier molecular flexibility index (Phi) is 2.68. The second kappa shape index (κ2) is 3.87. The number of amides is 1. The SMILES string of the molecule is CN1CC(C)(C(=O)/N=c2\ccccn2C)C1. The number of aromatic nitrogens is 1. The molecule has 0 aliphatic carbocycles. The summed E-state index contributed by atoms with van der Waals surface area (Å²) >= 11 is 0. The monoisotopic (exact) mass is 219 g/mol. The Balaban J connectivity index is 2.25. The van der Waals surface area contributed by atoms with E-state index in [-0.39, 0.29) is 11.3 Å². The van der Waals surface area contributed by atoms with Crippen molar-refractivity contribution in [2.75, 3.05) is 20.1 Å². The molecular weight excluding hydrogens is 202 g/mol. The van der Waals surface area contributed by atoms with Crippen LogP contribution in [0, 0.1) is 5.41 Å². The van der Waals surface area contributed by atoms with Gasteiger partial charge in [0.25, 0.3) is 5.91 Å². The minimum Gasteiger partial charge on any atom is -0.336 e. The van der Waals surface area contributed by atoms with Crippen LogP contribution in [0.1, 0.15) is 6.92 Å². The molecule has 1 fully saturated rings. The summed E-state index contributed by atoms with van der Waals surface area (Å²) in [6, 6.07) is 5.66. The van der Waals surface area contributed by atoms with Crippen molar-refractivity contribution in [2.24, 2.45) is 17.5 Å². The van der Waals surface area contributed by atoms with E-state index in [1.54, 1.807) is 0 Å². The first kappa shape index (κ1) is 11.1. The molecule has 1 aromatic rings. The molecular formula is C12H17N3O. The second-order valence-electron chi connectivity index (χ2n) is 4.82. The molecule has 2 heterocycles. The highest BCUT2D eigenvalue weighted by Gasteiger charge is 2.43. The van der Waals surface area contributed by atoms with Gasteiger partial charge in [-0.1, -0.05) is 6.07 Å². The molecule has 0 atom stereocenters. The van der Waals surface area contributed by atoms with E-state index in [0.717, 1.165) is 13.1 Å². The van der Waals surface area contributed by atoms with Crippen molar-refractivity contribution in [3.05, 3.63) is 29.9 Å². The highest BCUT2D eigenvalue weighted by atomic mass is 16.1. The van der Waals surface area contributed by atoms with Crippen LogP contribution in [0.2, 0.25) is 0 Å². The maximum Gasteiger partial charge on any atom is 0.256 e. The van der Waals surface area contributed by atoms with Gasteiger partial charge in [0, 0.05) is 26.3 Å². The average Bonchev–Trinajstić information content (AvgIpc) is 2.19. The molecule has 0 unspecified atom stereocenters. The summed E-state index contributed by atoms with van der Waals surface area (Å²) in [5, 5.41) is 0. The predicted octanol–water partition coefficient (Wildman–Crippen LogP) is 0.404.